The number of nitrogens with zero attached hydrogens (tertiary/aromatic N) is 2. The summed E-state index contributed by atoms with van der Waals surface area (Å²) >= 11 is 0. The van der Waals surface area contributed by atoms with Gasteiger partial charge in [-0.05, 0) is 24.6 Å². The van der Waals surface area contributed by atoms with Gasteiger partial charge in [0.1, 0.15) is 18.1 Å². The van der Waals surface area contributed by atoms with Crippen LogP contribution in [0.5, 0.6) is 5.75 Å². The van der Waals surface area contributed by atoms with E-state index < -0.39 is 0 Å². The van der Waals surface area contributed by atoms with Crippen molar-refractivity contribution < 1.29 is 18.7 Å². The summed E-state index contributed by atoms with van der Waals surface area (Å²) in [6.45, 7) is 2.95. The molecule has 0 radical (unpaired) electrons. The monoisotopic (exact) mass is 330 g/mol. The van der Waals surface area contributed by atoms with Crippen molar-refractivity contribution in [2.45, 2.75) is 31.9 Å². The molecule has 0 bridgehead atoms. The molecular formula is C18H22N2O4. The Labute approximate surface area is 141 Å². The highest BCUT2D eigenvalue weighted by Gasteiger charge is 2.37. The van der Waals surface area contributed by atoms with E-state index in [2.05, 4.69) is 4.98 Å². The molecule has 0 unspecified atom stereocenters. The lowest BCUT2D eigenvalue weighted by molar-refractivity contribution is 0.0655. The highest BCUT2D eigenvalue weighted by molar-refractivity contribution is 5.95. The molecule has 24 heavy (non-hydrogen) atoms. The molecule has 0 saturated carbocycles. The van der Waals surface area contributed by atoms with E-state index in [4.69, 9.17) is 13.9 Å². The molecule has 2 aromatic rings. The van der Waals surface area contributed by atoms with Gasteiger partial charge in [0.15, 0.2) is 0 Å². The number of ether oxygens (including phenoxy) is 2. The predicted octanol–water partition coefficient (Wildman–Crippen LogP) is 2.55. The standard InChI is InChI=1S/C18H22N2O4/c1-3-17-16(6-8-23-17)18(21)20-11-15(22-2)9-13(20)12-24-14-5-4-7-19-10-14/h4-8,10,13,15H,3,9,11-12H2,1-2H3/t13-,15+/m0/s1. The molecule has 3 heterocycles. The van der Waals surface area contributed by atoms with Crippen molar-refractivity contribution in [3.8, 4) is 5.75 Å². The Morgan fingerprint density at radius 1 is 1.46 bits per heavy atom. The van der Waals surface area contributed by atoms with Gasteiger partial charge >= 0.3 is 0 Å². The van der Waals surface area contributed by atoms with Crippen LogP contribution in [-0.2, 0) is 11.2 Å². The Morgan fingerprint density at radius 2 is 2.33 bits per heavy atom. The average molecular weight is 330 g/mol. The molecule has 1 saturated heterocycles. The van der Waals surface area contributed by atoms with Crippen LogP contribution in [-0.4, -0.2) is 48.2 Å². The van der Waals surface area contributed by atoms with Crippen LogP contribution >= 0.6 is 0 Å². The van der Waals surface area contributed by atoms with Crippen molar-refractivity contribution in [1.29, 1.82) is 0 Å². The molecule has 6 nitrogen and oxygen atoms in total. The molecule has 1 amide bonds. The summed E-state index contributed by atoms with van der Waals surface area (Å²) in [6, 6.07) is 5.37. The number of carbonyl (C=O) groups excluding carboxylic acids is 1. The number of likely N-dealkylation sites (tertiary alicyclic amines) is 1. The summed E-state index contributed by atoms with van der Waals surface area (Å²) in [5, 5.41) is 0. The summed E-state index contributed by atoms with van der Waals surface area (Å²) in [7, 11) is 1.67. The summed E-state index contributed by atoms with van der Waals surface area (Å²) in [4.78, 5) is 18.8. The first kappa shape index (κ1) is 16.5. The number of hydrogen-bond acceptors (Lipinski definition) is 5. The van der Waals surface area contributed by atoms with Crippen molar-refractivity contribution in [1.82, 2.24) is 9.88 Å². The number of methoxy groups -OCH3 is 1. The Kier molecular flexibility index (Phi) is 5.15. The van der Waals surface area contributed by atoms with Gasteiger partial charge in [0, 0.05) is 26.3 Å². The molecule has 3 rings (SSSR count). The molecule has 1 aliphatic heterocycles. The fourth-order valence-electron chi connectivity index (χ4n) is 3.04. The van der Waals surface area contributed by atoms with Crippen molar-refractivity contribution in [2.24, 2.45) is 0 Å². The maximum atomic E-state index is 12.9. The van der Waals surface area contributed by atoms with E-state index in [0.29, 0.717) is 36.6 Å². The number of hydrogen-bond donors (Lipinski definition) is 0. The highest BCUT2D eigenvalue weighted by atomic mass is 16.5. The minimum Gasteiger partial charge on any atom is -0.490 e. The van der Waals surface area contributed by atoms with Crippen LogP contribution in [0.25, 0.3) is 0 Å². The molecule has 2 atom stereocenters. The predicted molar refractivity (Wildman–Crippen MR) is 88.1 cm³/mol. The zero-order valence-electron chi connectivity index (χ0n) is 14.0. The van der Waals surface area contributed by atoms with Crippen LogP contribution < -0.4 is 4.74 Å². The quantitative estimate of drug-likeness (QED) is 0.814. The molecule has 2 aromatic heterocycles. The minimum absolute atomic E-state index is 0.0217. The maximum absolute atomic E-state index is 12.9. The van der Waals surface area contributed by atoms with Crippen molar-refractivity contribution in [3.63, 3.8) is 0 Å². The number of amides is 1. The zero-order chi connectivity index (χ0) is 16.9. The van der Waals surface area contributed by atoms with E-state index in [-0.39, 0.29) is 18.1 Å². The molecule has 0 aliphatic carbocycles. The molecule has 0 spiro atoms. The van der Waals surface area contributed by atoms with Gasteiger partial charge in [-0.25, -0.2) is 0 Å². The molecule has 1 fully saturated rings. The van der Waals surface area contributed by atoms with Crippen LogP contribution in [0.1, 0.15) is 29.5 Å². The van der Waals surface area contributed by atoms with Gasteiger partial charge in [0.25, 0.3) is 5.91 Å². The van der Waals surface area contributed by atoms with E-state index in [0.717, 1.165) is 6.42 Å². The van der Waals surface area contributed by atoms with E-state index in [1.54, 1.807) is 31.8 Å². The number of aryl methyl sites for hydroxylation is 1. The van der Waals surface area contributed by atoms with Gasteiger partial charge < -0.3 is 18.8 Å². The fraction of sp³-hybridized carbons (Fsp3) is 0.444. The first-order chi connectivity index (χ1) is 11.7. The molecular weight excluding hydrogens is 308 g/mol. The van der Waals surface area contributed by atoms with Crippen molar-refractivity contribution in [3.05, 3.63) is 48.2 Å². The number of aromatic nitrogens is 1. The third-order valence-electron chi connectivity index (χ3n) is 4.34. The Morgan fingerprint density at radius 3 is 3.04 bits per heavy atom. The Bertz CT molecular complexity index is 671. The lowest BCUT2D eigenvalue weighted by Gasteiger charge is -2.24. The van der Waals surface area contributed by atoms with E-state index >= 15 is 0 Å². The Balaban J connectivity index is 1.72. The summed E-state index contributed by atoms with van der Waals surface area (Å²) in [5.74, 6) is 1.39. The first-order valence-corrected chi connectivity index (χ1v) is 8.15. The SMILES string of the molecule is CCc1occc1C(=O)N1C[C@H](OC)C[C@H]1COc1cccnc1. The molecule has 1 aliphatic rings. The first-order valence-electron chi connectivity index (χ1n) is 8.15. The summed E-state index contributed by atoms with van der Waals surface area (Å²) in [5.41, 5.74) is 0.626. The van der Waals surface area contributed by atoms with Gasteiger partial charge in [-0.1, -0.05) is 6.92 Å². The smallest absolute Gasteiger partial charge is 0.257 e. The lowest BCUT2D eigenvalue weighted by atomic mass is 10.1. The highest BCUT2D eigenvalue weighted by Crippen LogP contribution is 2.25. The lowest BCUT2D eigenvalue weighted by Crippen LogP contribution is -2.39. The van der Waals surface area contributed by atoms with Crippen LogP contribution in [0.4, 0.5) is 0 Å². The van der Waals surface area contributed by atoms with Crippen LogP contribution in [0, 0.1) is 0 Å². The van der Waals surface area contributed by atoms with Crippen LogP contribution in [0.3, 0.4) is 0 Å². The minimum atomic E-state index is -0.0396. The second kappa shape index (κ2) is 7.49. The molecule has 6 heteroatoms. The molecule has 0 N–H and O–H groups in total. The third kappa shape index (κ3) is 3.43. The van der Waals surface area contributed by atoms with E-state index in [1.165, 1.54) is 0 Å². The topological polar surface area (TPSA) is 64.8 Å². The van der Waals surface area contributed by atoms with Crippen LogP contribution in [0.15, 0.2) is 41.3 Å². The second-order valence-electron chi connectivity index (χ2n) is 5.82. The van der Waals surface area contributed by atoms with E-state index in [1.807, 2.05) is 24.0 Å². The number of carbonyl (C=O) groups is 1. The second-order valence-corrected chi connectivity index (χ2v) is 5.82. The summed E-state index contributed by atoms with van der Waals surface area (Å²) < 4.78 is 16.7. The number of furan rings is 1. The van der Waals surface area contributed by atoms with Gasteiger partial charge in [0.2, 0.25) is 0 Å². The van der Waals surface area contributed by atoms with E-state index in [9.17, 15) is 4.79 Å². The Hall–Kier alpha value is -2.34. The van der Waals surface area contributed by atoms with Crippen molar-refractivity contribution >= 4 is 5.91 Å². The number of rotatable bonds is 6. The van der Waals surface area contributed by atoms with Crippen LogP contribution in [0.2, 0.25) is 0 Å². The largest absolute Gasteiger partial charge is 0.490 e. The van der Waals surface area contributed by atoms with Gasteiger partial charge in [-0.2, -0.15) is 0 Å². The third-order valence-corrected chi connectivity index (χ3v) is 4.34. The molecule has 128 valence electrons. The number of pyridine rings is 1. The fourth-order valence-corrected chi connectivity index (χ4v) is 3.04. The average Bonchev–Trinajstić information content (AvgIpc) is 3.26. The normalized spacial score (nSPS) is 20.3. The van der Waals surface area contributed by atoms with Crippen molar-refractivity contribution in [2.75, 3.05) is 20.3 Å². The summed E-state index contributed by atoms with van der Waals surface area (Å²) in [6.07, 6.45) is 6.39. The van der Waals surface area contributed by atoms with Gasteiger partial charge in [-0.3, -0.25) is 9.78 Å². The van der Waals surface area contributed by atoms with Gasteiger partial charge in [0.05, 0.1) is 30.2 Å². The molecule has 0 aromatic carbocycles. The van der Waals surface area contributed by atoms with Gasteiger partial charge in [-0.15, -0.1) is 0 Å². The maximum Gasteiger partial charge on any atom is 0.257 e. The zero-order valence-corrected chi connectivity index (χ0v) is 14.0.